The van der Waals surface area contributed by atoms with Crippen molar-refractivity contribution in [2.45, 2.75) is 27.7 Å². The van der Waals surface area contributed by atoms with Crippen molar-refractivity contribution in [3.63, 3.8) is 0 Å². The average Bonchev–Trinajstić information content (AvgIpc) is 2.92. The van der Waals surface area contributed by atoms with E-state index in [-0.39, 0.29) is 11.8 Å². The van der Waals surface area contributed by atoms with E-state index in [0.29, 0.717) is 0 Å². The van der Waals surface area contributed by atoms with E-state index in [2.05, 4.69) is 15.3 Å². The molecule has 0 unspecified atom stereocenters. The second kappa shape index (κ2) is 8.87. The second-order valence-corrected chi connectivity index (χ2v) is 4.68. The van der Waals surface area contributed by atoms with Crippen molar-refractivity contribution in [3.8, 4) is 0 Å². The summed E-state index contributed by atoms with van der Waals surface area (Å²) in [5, 5.41) is 38.5. The normalized spacial score (nSPS) is 9.17. The molecule has 0 aliphatic carbocycles. The Kier molecular flexibility index (Phi) is 7.60. The van der Waals surface area contributed by atoms with Crippen molar-refractivity contribution in [1.29, 1.82) is 10.8 Å². The van der Waals surface area contributed by atoms with E-state index in [9.17, 15) is 0 Å². The van der Waals surface area contributed by atoms with Crippen LogP contribution >= 0.6 is 0 Å². The summed E-state index contributed by atoms with van der Waals surface area (Å²) in [5.41, 5.74) is 14.6. The van der Waals surface area contributed by atoms with Crippen molar-refractivity contribution in [2.75, 3.05) is 0 Å². The quantitative estimate of drug-likeness (QED) is 0.184. The molecule has 0 aromatic carbocycles. The fourth-order valence-electron chi connectivity index (χ4n) is 1.82. The van der Waals surface area contributed by atoms with E-state index >= 15 is 0 Å². The van der Waals surface area contributed by atoms with Crippen LogP contribution in [0, 0.1) is 48.6 Å². The first-order chi connectivity index (χ1) is 11.0. The lowest BCUT2D eigenvalue weighted by Gasteiger charge is -1.97. The van der Waals surface area contributed by atoms with Gasteiger partial charge in [-0.05, 0) is 33.8 Å². The molecule has 12 nitrogen and oxygen atoms in total. The smallest absolute Gasteiger partial charge is 0.291 e. The molecular formula is C12H21N9O3. The van der Waals surface area contributed by atoms with Gasteiger partial charge in [-0.25, -0.2) is 4.68 Å². The summed E-state index contributed by atoms with van der Waals surface area (Å²) in [4.78, 5) is 8.36. The lowest BCUT2D eigenvalue weighted by Crippen LogP contribution is -2.22. The second-order valence-electron chi connectivity index (χ2n) is 4.68. The molecule has 12 heteroatoms. The Labute approximate surface area is 137 Å². The van der Waals surface area contributed by atoms with Gasteiger partial charge in [-0.3, -0.25) is 15.9 Å². The molecule has 0 aliphatic heterocycles. The number of nitrogens with zero attached hydrogens (tertiary/aromatic N) is 4. The first kappa shape index (κ1) is 20.6. The third-order valence-corrected chi connectivity index (χ3v) is 2.64. The third-order valence-electron chi connectivity index (χ3n) is 2.64. The highest BCUT2D eigenvalue weighted by Crippen LogP contribution is 2.06. The van der Waals surface area contributed by atoms with E-state index in [1.807, 2.05) is 33.8 Å². The summed E-state index contributed by atoms with van der Waals surface area (Å²) in [6.07, 6.45) is 0. The molecule has 0 fully saturated rings. The maximum atomic E-state index is 8.36. The fourth-order valence-corrected chi connectivity index (χ4v) is 1.82. The van der Waals surface area contributed by atoms with Crippen molar-refractivity contribution in [2.24, 2.45) is 11.5 Å². The Hall–Kier alpha value is -3.44. The molecule has 0 amide bonds. The summed E-state index contributed by atoms with van der Waals surface area (Å²) >= 11 is 0. The number of aromatic nitrogens is 4. The summed E-state index contributed by atoms with van der Waals surface area (Å²) in [7, 11) is 0. The molecule has 0 atom stereocenters. The number of H-pyrrole nitrogens is 1. The maximum absolute atomic E-state index is 8.36. The van der Waals surface area contributed by atoms with E-state index in [4.69, 9.17) is 37.6 Å². The number of nitrogens with one attached hydrogen (secondary N) is 3. The standard InChI is InChI=1S/2C6H10N4.HNO3/c1-4-3-5(2)10(9-4)6(7)8;1-3-5(6(7)8)4(2)10-9-3;2-1(3)4/h3H,1-2H3,(H3,7,8);1-2H3,(H3,7,8)(H,9,10);(H,2,3,4). The number of hydrogen-bond acceptors (Lipinski definition) is 6. The molecule has 2 heterocycles. The highest BCUT2D eigenvalue weighted by atomic mass is 16.9. The number of nitrogens with two attached hydrogens (primary N) is 2. The number of amidine groups is 1. The van der Waals surface area contributed by atoms with Crippen LogP contribution in [0.4, 0.5) is 0 Å². The van der Waals surface area contributed by atoms with Crippen molar-refractivity contribution >= 4 is 11.8 Å². The van der Waals surface area contributed by atoms with Crippen LogP contribution in [0.5, 0.6) is 0 Å². The minimum Gasteiger partial charge on any atom is -0.384 e. The Morgan fingerprint density at radius 1 is 1.33 bits per heavy atom. The van der Waals surface area contributed by atoms with Crippen LogP contribution < -0.4 is 11.5 Å². The Bertz CT molecular complexity index is 709. The minimum absolute atomic E-state index is 0.0365. The highest BCUT2D eigenvalue weighted by molar-refractivity contribution is 5.96. The zero-order valence-electron chi connectivity index (χ0n) is 13.8. The lowest BCUT2D eigenvalue weighted by molar-refractivity contribution is -0.742. The van der Waals surface area contributed by atoms with Gasteiger partial charge in [-0.15, -0.1) is 10.1 Å². The van der Waals surface area contributed by atoms with Crippen LogP contribution in [0.25, 0.3) is 0 Å². The third kappa shape index (κ3) is 6.55. The molecular weight excluding hydrogens is 318 g/mol. The Morgan fingerprint density at radius 3 is 2.00 bits per heavy atom. The van der Waals surface area contributed by atoms with Crippen LogP contribution in [0.2, 0.25) is 0 Å². The van der Waals surface area contributed by atoms with Crippen molar-refractivity contribution in [3.05, 3.63) is 44.5 Å². The highest BCUT2D eigenvalue weighted by Gasteiger charge is 2.07. The molecule has 2 rings (SSSR count). The average molecular weight is 339 g/mol. The molecule has 132 valence electrons. The monoisotopic (exact) mass is 339 g/mol. The van der Waals surface area contributed by atoms with Gasteiger partial charge in [0.15, 0.2) is 0 Å². The van der Waals surface area contributed by atoms with Crippen LogP contribution in [0.15, 0.2) is 6.07 Å². The topological polar surface area (TPSA) is 210 Å². The van der Waals surface area contributed by atoms with Gasteiger partial charge in [-0.2, -0.15) is 10.2 Å². The number of hydrogen-bond donors (Lipinski definition) is 6. The molecule has 0 radical (unpaired) electrons. The van der Waals surface area contributed by atoms with Crippen LogP contribution in [-0.4, -0.2) is 42.1 Å². The first-order valence-corrected chi connectivity index (χ1v) is 6.54. The van der Waals surface area contributed by atoms with Gasteiger partial charge in [0, 0.05) is 11.4 Å². The molecule has 0 spiro atoms. The van der Waals surface area contributed by atoms with Crippen LogP contribution in [0.1, 0.15) is 28.3 Å². The van der Waals surface area contributed by atoms with E-state index < -0.39 is 5.09 Å². The molecule has 24 heavy (non-hydrogen) atoms. The largest absolute Gasteiger partial charge is 0.384 e. The van der Waals surface area contributed by atoms with Gasteiger partial charge < -0.3 is 16.7 Å². The van der Waals surface area contributed by atoms with E-state index in [0.717, 1.165) is 28.3 Å². The number of nitrogen functional groups attached to an aromatic ring is 2. The number of aryl methyl sites for hydroxylation is 4. The molecule has 0 aliphatic rings. The minimum atomic E-state index is -1.50. The summed E-state index contributed by atoms with van der Waals surface area (Å²) < 4.78 is 1.40. The molecule has 2 aromatic rings. The zero-order chi connectivity index (χ0) is 19.0. The SMILES string of the molecule is Cc1cc(C)n(C(=N)N)n1.Cc1n[nH]c(C)c1C(=N)N.O=[N+]([O-])O. The van der Waals surface area contributed by atoms with Crippen LogP contribution in [0.3, 0.4) is 0 Å². The maximum Gasteiger partial charge on any atom is 0.291 e. The predicted octanol–water partition coefficient (Wildman–Crippen LogP) is 0.204. The van der Waals surface area contributed by atoms with Gasteiger partial charge in [0.05, 0.1) is 17.0 Å². The molecule has 2 aromatic heterocycles. The van der Waals surface area contributed by atoms with E-state index in [1.165, 1.54) is 4.68 Å². The van der Waals surface area contributed by atoms with Crippen LogP contribution in [-0.2, 0) is 0 Å². The first-order valence-electron chi connectivity index (χ1n) is 6.54. The molecule has 8 N–H and O–H groups in total. The number of rotatable bonds is 1. The summed E-state index contributed by atoms with van der Waals surface area (Å²) in [5.74, 6) is 0.0364. The van der Waals surface area contributed by atoms with Gasteiger partial charge in [0.2, 0.25) is 5.96 Å². The Morgan fingerprint density at radius 2 is 1.83 bits per heavy atom. The van der Waals surface area contributed by atoms with Crippen molar-refractivity contribution < 1.29 is 10.3 Å². The molecule has 0 saturated carbocycles. The van der Waals surface area contributed by atoms with Gasteiger partial charge in [0.1, 0.15) is 5.84 Å². The summed E-state index contributed by atoms with van der Waals surface area (Å²) in [6.45, 7) is 7.39. The van der Waals surface area contributed by atoms with E-state index in [1.54, 1.807) is 0 Å². The molecule has 0 saturated heterocycles. The molecule has 0 bridgehead atoms. The van der Waals surface area contributed by atoms with Crippen molar-refractivity contribution in [1.82, 2.24) is 20.0 Å². The zero-order valence-corrected chi connectivity index (χ0v) is 13.8. The Balaban J connectivity index is 0.000000363. The van der Waals surface area contributed by atoms with Gasteiger partial charge in [0.25, 0.3) is 5.09 Å². The van der Waals surface area contributed by atoms with Gasteiger partial charge >= 0.3 is 0 Å². The fraction of sp³-hybridized carbons (Fsp3) is 0.333. The lowest BCUT2D eigenvalue weighted by atomic mass is 10.2. The van der Waals surface area contributed by atoms with Gasteiger partial charge in [-0.1, -0.05) is 0 Å². The number of aromatic amines is 1. The predicted molar refractivity (Wildman–Crippen MR) is 86.9 cm³/mol. The summed E-state index contributed by atoms with van der Waals surface area (Å²) in [6, 6.07) is 1.88.